The molecule has 4 amide bonds. The molecule has 6 atom stereocenters. The Morgan fingerprint density at radius 3 is 1.52 bits per heavy atom. The molecule has 4 fully saturated rings. The van der Waals surface area contributed by atoms with Gasteiger partial charge in [0, 0.05) is 31.9 Å². The molecule has 0 radical (unpaired) electrons. The number of aromatic amines is 2. The highest BCUT2D eigenvalue weighted by atomic mass is 19.1. The molecule has 5 aromatic rings. The minimum atomic E-state index is -0.733. The number of nitrogens with zero attached hydrogens (tertiary/aromatic N) is 6. The largest absolute Gasteiger partial charge is 0.453 e. The Morgan fingerprint density at radius 1 is 0.609 bits per heavy atom. The average molecular weight is 947 g/mol. The minimum absolute atomic E-state index is 0.103. The van der Waals surface area contributed by atoms with Crippen LogP contribution >= 0.6 is 0 Å². The molecule has 4 aliphatic rings. The van der Waals surface area contributed by atoms with E-state index in [9.17, 15) is 19.2 Å². The third-order valence-electron chi connectivity index (χ3n) is 14.9. The number of nitrogens with one attached hydrogen (secondary N) is 4. The fourth-order valence-corrected chi connectivity index (χ4v) is 11.3. The zero-order chi connectivity index (χ0) is 48.5. The zero-order valence-electron chi connectivity index (χ0n) is 40.7. The normalized spacial score (nSPS) is 21.9. The molecule has 4 aliphatic heterocycles. The maximum absolute atomic E-state index is 16.5. The molecule has 0 saturated carbocycles. The van der Waals surface area contributed by atoms with Crippen molar-refractivity contribution in [2.45, 2.75) is 128 Å². The van der Waals surface area contributed by atoms with E-state index in [-0.39, 0.29) is 53.6 Å². The first-order valence-corrected chi connectivity index (χ1v) is 24.9. The van der Waals surface area contributed by atoms with E-state index in [1.807, 2.05) is 55.7 Å². The van der Waals surface area contributed by atoms with Crippen LogP contribution in [0.2, 0.25) is 0 Å². The number of ether oxygens (including phenoxy) is 2. The number of carbonyl (C=O) groups is 4. The first kappa shape index (κ1) is 47.7. The van der Waals surface area contributed by atoms with Crippen LogP contribution in [0.1, 0.15) is 139 Å². The van der Waals surface area contributed by atoms with Crippen LogP contribution in [-0.2, 0) is 19.1 Å². The molecular formula is C52H67FN10O6. The van der Waals surface area contributed by atoms with Gasteiger partial charge in [-0.2, -0.15) is 0 Å². The fourth-order valence-electron chi connectivity index (χ4n) is 11.3. The number of alkyl carbamates (subject to hydrolysis) is 2. The summed E-state index contributed by atoms with van der Waals surface area (Å²) >= 11 is 0. The van der Waals surface area contributed by atoms with Crippen molar-refractivity contribution in [3.05, 3.63) is 83.2 Å². The van der Waals surface area contributed by atoms with Crippen molar-refractivity contribution in [2.75, 3.05) is 50.2 Å². The lowest BCUT2D eigenvalue weighted by molar-refractivity contribution is -0.136. The Kier molecular flexibility index (Phi) is 14.0. The predicted octanol–water partition coefficient (Wildman–Crippen LogP) is 9.13. The van der Waals surface area contributed by atoms with Gasteiger partial charge in [-0.1, -0.05) is 52.7 Å². The Labute approximate surface area is 403 Å². The van der Waals surface area contributed by atoms with Gasteiger partial charge in [0.25, 0.3) is 0 Å². The van der Waals surface area contributed by atoms with Gasteiger partial charge in [0.05, 0.1) is 66.1 Å². The molecule has 9 rings (SSSR count). The van der Waals surface area contributed by atoms with Crippen molar-refractivity contribution in [2.24, 2.45) is 11.8 Å². The molecule has 0 aliphatic carbocycles. The lowest BCUT2D eigenvalue weighted by Gasteiger charge is -2.34. The summed E-state index contributed by atoms with van der Waals surface area (Å²) in [5.74, 6) is 0.571. The number of hydrogen-bond acceptors (Lipinski definition) is 10. The topological polar surface area (TPSA) is 181 Å². The number of methoxy groups -OCH3 is 2. The zero-order valence-corrected chi connectivity index (χ0v) is 40.7. The molecule has 0 unspecified atom stereocenters. The van der Waals surface area contributed by atoms with Crippen molar-refractivity contribution >= 4 is 57.4 Å². The molecule has 3 aromatic carbocycles. The maximum Gasteiger partial charge on any atom is 0.407 e. The van der Waals surface area contributed by atoms with Crippen LogP contribution in [0.25, 0.3) is 22.1 Å². The van der Waals surface area contributed by atoms with E-state index in [4.69, 9.17) is 19.4 Å². The average Bonchev–Trinajstić information content (AvgIpc) is 4.20. The van der Waals surface area contributed by atoms with Gasteiger partial charge < -0.3 is 49.7 Å². The van der Waals surface area contributed by atoms with Crippen LogP contribution in [0, 0.1) is 17.7 Å². The SMILES string of the molecule is COC(=O)N[C@H](C(=O)N1CCC[C@H]1c1nc2ccc([C@H]3CC[C@H](c4ccc5nc([C@@H]6CCCN6C(=O)[C@@H](NC(=O)OC)C(C)C)[nH]c5c4)N3c3ccc(N4CCCCCC4)c(F)c3)cc2[nH]1)C(C)C. The first-order chi connectivity index (χ1) is 33.3. The summed E-state index contributed by atoms with van der Waals surface area (Å²) in [4.78, 5) is 77.6. The number of H-pyrrole nitrogens is 2. The summed E-state index contributed by atoms with van der Waals surface area (Å²) in [7, 11) is 2.58. The second kappa shape index (κ2) is 20.3. The van der Waals surface area contributed by atoms with E-state index in [0.717, 1.165) is 116 Å². The Hall–Kier alpha value is -6.39. The third kappa shape index (κ3) is 9.65. The molecule has 368 valence electrons. The number of anilines is 2. The molecule has 0 bridgehead atoms. The lowest BCUT2D eigenvalue weighted by atomic mass is 10.0. The highest BCUT2D eigenvalue weighted by molar-refractivity contribution is 5.88. The van der Waals surface area contributed by atoms with Crippen molar-refractivity contribution in [1.82, 2.24) is 40.4 Å². The van der Waals surface area contributed by atoms with Gasteiger partial charge >= 0.3 is 12.2 Å². The Morgan fingerprint density at radius 2 is 1.09 bits per heavy atom. The quantitative estimate of drug-likeness (QED) is 0.0942. The predicted molar refractivity (Wildman–Crippen MR) is 262 cm³/mol. The first-order valence-electron chi connectivity index (χ1n) is 24.9. The van der Waals surface area contributed by atoms with Crippen molar-refractivity contribution in [1.29, 1.82) is 0 Å². The molecule has 17 heteroatoms. The van der Waals surface area contributed by atoms with Gasteiger partial charge in [0.1, 0.15) is 29.5 Å². The molecule has 0 spiro atoms. The van der Waals surface area contributed by atoms with Crippen molar-refractivity contribution in [3.8, 4) is 0 Å². The summed E-state index contributed by atoms with van der Waals surface area (Å²) in [6.45, 7) is 10.4. The molecule has 4 N–H and O–H groups in total. The van der Waals surface area contributed by atoms with E-state index in [0.29, 0.717) is 30.4 Å². The number of hydrogen-bond donors (Lipinski definition) is 4. The van der Waals surface area contributed by atoms with Crippen molar-refractivity contribution < 1.29 is 33.0 Å². The van der Waals surface area contributed by atoms with E-state index in [2.05, 4.69) is 60.7 Å². The van der Waals surface area contributed by atoms with Crippen LogP contribution in [0.15, 0.2) is 54.6 Å². The summed E-state index contributed by atoms with van der Waals surface area (Å²) in [5.41, 5.74) is 6.86. The summed E-state index contributed by atoms with van der Waals surface area (Å²) in [6.07, 6.45) is 7.86. The van der Waals surface area contributed by atoms with Crippen molar-refractivity contribution in [3.63, 3.8) is 0 Å². The van der Waals surface area contributed by atoms with Gasteiger partial charge in [-0.05, 0) is 117 Å². The number of carbonyl (C=O) groups excluding carboxylic acids is 4. The van der Waals surface area contributed by atoms with E-state index < -0.39 is 24.3 Å². The summed E-state index contributed by atoms with van der Waals surface area (Å²) in [6, 6.07) is 16.1. The van der Waals surface area contributed by atoms with E-state index in [1.165, 1.54) is 14.2 Å². The number of likely N-dealkylation sites (tertiary alicyclic amines) is 2. The standard InChI is InChI=1S/C52H67FN10O6/c1-30(2)45(58-51(66)68-5)49(64)61-25-11-13-43(61)47-54-36-18-15-32(27-38(36)56-47)40-21-22-41(63(40)34-17-20-42(35(53)29-34)60-23-9-7-8-10-24-60)33-16-19-37-39(28-33)57-48(55-37)44-14-12-26-62(44)50(65)46(31(3)4)59-52(67)69-6/h15-20,27-31,40-41,43-46H,7-14,21-26H2,1-6H3,(H,54,56)(H,55,57)(H,58,66)(H,59,67)/t40-,41-,43+,44+,45+,46+/m1/s1. The van der Waals surface area contributed by atoms with E-state index in [1.54, 1.807) is 6.07 Å². The number of halogens is 1. The summed E-state index contributed by atoms with van der Waals surface area (Å²) in [5, 5.41) is 5.46. The Balaban J connectivity index is 1.02. The highest BCUT2D eigenvalue weighted by Crippen LogP contribution is 2.48. The van der Waals surface area contributed by atoms with Gasteiger partial charge in [0.15, 0.2) is 0 Å². The lowest BCUT2D eigenvalue weighted by Crippen LogP contribution is -2.51. The van der Waals surface area contributed by atoms with E-state index >= 15 is 4.39 Å². The third-order valence-corrected chi connectivity index (χ3v) is 14.9. The van der Waals surface area contributed by atoms with Gasteiger partial charge in [-0.3, -0.25) is 9.59 Å². The second-order valence-electron chi connectivity index (χ2n) is 19.9. The molecule has 6 heterocycles. The van der Waals surface area contributed by atoms with Crippen LogP contribution in [0.5, 0.6) is 0 Å². The summed E-state index contributed by atoms with van der Waals surface area (Å²) < 4.78 is 26.2. The number of imidazole rings is 2. The highest BCUT2D eigenvalue weighted by Gasteiger charge is 2.41. The Bertz CT molecular complexity index is 2530. The van der Waals surface area contributed by atoms with Gasteiger partial charge in [-0.25, -0.2) is 23.9 Å². The smallest absolute Gasteiger partial charge is 0.407 e. The molecule has 4 saturated heterocycles. The monoisotopic (exact) mass is 947 g/mol. The molecule has 69 heavy (non-hydrogen) atoms. The number of rotatable bonds is 12. The van der Waals surface area contributed by atoms with Crippen LogP contribution < -0.4 is 20.4 Å². The molecular weight excluding hydrogens is 880 g/mol. The number of aromatic nitrogens is 4. The molecule has 2 aromatic heterocycles. The fraction of sp³-hybridized carbons (Fsp3) is 0.538. The molecule has 16 nitrogen and oxygen atoms in total. The second-order valence-corrected chi connectivity index (χ2v) is 19.9. The number of fused-ring (bicyclic) bond motifs is 2. The maximum atomic E-state index is 16.5. The van der Waals surface area contributed by atoms with Crippen LogP contribution in [-0.4, -0.2) is 106 Å². The van der Waals surface area contributed by atoms with Gasteiger partial charge in [-0.15, -0.1) is 0 Å². The number of benzene rings is 3. The van der Waals surface area contributed by atoms with Crippen LogP contribution in [0.4, 0.5) is 25.4 Å². The minimum Gasteiger partial charge on any atom is -0.453 e. The number of amides is 4. The van der Waals surface area contributed by atoms with Gasteiger partial charge in [0.2, 0.25) is 11.8 Å². The van der Waals surface area contributed by atoms with Crippen LogP contribution in [0.3, 0.4) is 0 Å².